The Balaban J connectivity index is 1.62. The fourth-order valence-electron chi connectivity index (χ4n) is 2.10. The van der Waals surface area contributed by atoms with Gasteiger partial charge in [-0.05, 0) is 43.9 Å². The van der Waals surface area contributed by atoms with Crippen LogP contribution in [0.25, 0.3) is 0 Å². The second-order valence-corrected chi connectivity index (χ2v) is 4.96. The largest absolute Gasteiger partial charge is 0.464 e. The van der Waals surface area contributed by atoms with Gasteiger partial charge >= 0.3 is 0 Å². The molecule has 0 bridgehead atoms. The summed E-state index contributed by atoms with van der Waals surface area (Å²) in [5.74, 6) is 6.37. The molecule has 1 aliphatic rings. The molecule has 0 spiro atoms. The van der Waals surface area contributed by atoms with E-state index in [4.69, 9.17) is 10.8 Å². The maximum absolute atomic E-state index is 5.81. The van der Waals surface area contributed by atoms with Crippen LogP contribution < -0.4 is 5.32 Å². The van der Waals surface area contributed by atoms with E-state index in [0.717, 1.165) is 44.0 Å². The van der Waals surface area contributed by atoms with Crippen molar-refractivity contribution < 1.29 is 4.42 Å². The fourth-order valence-corrected chi connectivity index (χ4v) is 2.10. The van der Waals surface area contributed by atoms with Crippen LogP contribution >= 0.6 is 0 Å². The first-order valence-corrected chi connectivity index (χ1v) is 6.54. The van der Waals surface area contributed by atoms with Crippen molar-refractivity contribution in [1.82, 2.24) is 5.32 Å². The molecule has 2 nitrogen and oxygen atoms in total. The molecule has 0 amide bonds. The molecule has 1 aromatic heterocycles. The normalized spacial score (nSPS) is 22.4. The summed E-state index contributed by atoms with van der Waals surface area (Å²) >= 11 is 0. The molecule has 1 aromatic rings. The minimum absolute atomic E-state index is 0.680. The van der Waals surface area contributed by atoms with Crippen molar-refractivity contribution in [2.75, 3.05) is 6.54 Å². The first-order chi connectivity index (χ1) is 8.31. The van der Waals surface area contributed by atoms with E-state index < -0.39 is 0 Å². The standard InChI is InChI=1S/C15H21NO/c1-3-4-5-6-9-16-11-13-7-8-15(17-13)14-10-12(14)2/h1,7-8,12,14,16H,4-6,9-11H2,2H3. The summed E-state index contributed by atoms with van der Waals surface area (Å²) in [6, 6.07) is 4.22. The van der Waals surface area contributed by atoms with Crippen LogP contribution in [0.2, 0.25) is 0 Å². The molecule has 2 heteroatoms. The molecule has 1 aliphatic carbocycles. The molecule has 1 fully saturated rings. The molecule has 2 atom stereocenters. The Morgan fingerprint density at radius 2 is 2.29 bits per heavy atom. The lowest BCUT2D eigenvalue weighted by Crippen LogP contribution is -2.14. The van der Waals surface area contributed by atoms with Crippen molar-refractivity contribution in [3.05, 3.63) is 23.7 Å². The molecular formula is C15H21NO. The second kappa shape index (κ2) is 5.93. The van der Waals surface area contributed by atoms with Crippen molar-refractivity contribution in [1.29, 1.82) is 0 Å². The Bertz CT molecular complexity index is 388. The highest BCUT2D eigenvalue weighted by molar-refractivity contribution is 5.17. The van der Waals surface area contributed by atoms with E-state index in [2.05, 4.69) is 30.3 Å². The molecule has 0 aromatic carbocycles. The van der Waals surface area contributed by atoms with E-state index in [1.165, 1.54) is 12.2 Å². The van der Waals surface area contributed by atoms with Crippen LogP contribution in [0, 0.1) is 18.3 Å². The highest BCUT2D eigenvalue weighted by atomic mass is 16.3. The minimum atomic E-state index is 0.680. The summed E-state index contributed by atoms with van der Waals surface area (Å²) in [5, 5.41) is 3.38. The molecular weight excluding hydrogens is 210 g/mol. The van der Waals surface area contributed by atoms with Gasteiger partial charge in [-0.25, -0.2) is 0 Å². The van der Waals surface area contributed by atoms with Crippen molar-refractivity contribution >= 4 is 0 Å². The highest BCUT2D eigenvalue weighted by Gasteiger charge is 2.36. The van der Waals surface area contributed by atoms with E-state index in [9.17, 15) is 0 Å². The van der Waals surface area contributed by atoms with Gasteiger partial charge in [-0.15, -0.1) is 12.3 Å². The van der Waals surface area contributed by atoms with Gasteiger partial charge in [-0.2, -0.15) is 0 Å². The van der Waals surface area contributed by atoms with Crippen LogP contribution in [0.3, 0.4) is 0 Å². The van der Waals surface area contributed by atoms with Gasteiger partial charge in [0.1, 0.15) is 11.5 Å². The lowest BCUT2D eigenvalue weighted by atomic mass is 10.2. The predicted octanol–water partition coefficient (Wildman–Crippen LogP) is 3.30. The average Bonchev–Trinajstić information content (AvgIpc) is 2.89. The third kappa shape index (κ3) is 3.64. The van der Waals surface area contributed by atoms with E-state index in [0.29, 0.717) is 5.92 Å². The molecule has 1 N–H and O–H groups in total. The van der Waals surface area contributed by atoms with Crippen LogP contribution in [0.4, 0.5) is 0 Å². The Kier molecular flexibility index (Phi) is 4.28. The van der Waals surface area contributed by atoms with Crippen molar-refractivity contribution in [3.63, 3.8) is 0 Å². The summed E-state index contributed by atoms with van der Waals surface area (Å²) in [5.41, 5.74) is 0. The monoisotopic (exact) mass is 231 g/mol. The Morgan fingerprint density at radius 1 is 1.47 bits per heavy atom. The third-order valence-electron chi connectivity index (χ3n) is 3.38. The van der Waals surface area contributed by atoms with Crippen LogP contribution in [0.5, 0.6) is 0 Å². The second-order valence-electron chi connectivity index (χ2n) is 4.96. The van der Waals surface area contributed by atoms with Crippen molar-refractivity contribution in [2.24, 2.45) is 5.92 Å². The van der Waals surface area contributed by atoms with Gasteiger partial charge in [0.05, 0.1) is 6.54 Å². The van der Waals surface area contributed by atoms with Gasteiger partial charge in [-0.1, -0.05) is 6.92 Å². The number of unbranched alkanes of at least 4 members (excludes halogenated alkanes) is 2. The van der Waals surface area contributed by atoms with Gasteiger partial charge < -0.3 is 9.73 Å². The van der Waals surface area contributed by atoms with Gasteiger partial charge in [-0.3, -0.25) is 0 Å². The zero-order valence-corrected chi connectivity index (χ0v) is 10.5. The van der Waals surface area contributed by atoms with Crippen molar-refractivity contribution in [2.45, 2.75) is 45.1 Å². The van der Waals surface area contributed by atoms with Gasteiger partial charge in [0.25, 0.3) is 0 Å². The summed E-state index contributed by atoms with van der Waals surface area (Å²) in [4.78, 5) is 0. The first kappa shape index (κ1) is 12.3. The average molecular weight is 231 g/mol. The molecule has 1 heterocycles. The summed E-state index contributed by atoms with van der Waals surface area (Å²) < 4.78 is 5.81. The Labute approximate surface area is 104 Å². The van der Waals surface area contributed by atoms with Gasteiger partial charge in [0.2, 0.25) is 0 Å². The number of hydrogen-bond donors (Lipinski definition) is 1. The molecule has 2 unspecified atom stereocenters. The first-order valence-electron chi connectivity index (χ1n) is 6.54. The van der Waals surface area contributed by atoms with Crippen LogP contribution in [-0.2, 0) is 6.54 Å². The number of terminal acetylenes is 1. The fraction of sp³-hybridized carbons (Fsp3) is 0.600. The van der Waals surface area contributed by atoms with E-state index >= 15 is 0 Å². The minimum Gasteiger partial charge on any atom is -0.464 e. The summed E-state index contributed by atoms with van der Waals surface area (Å²) in [6.45, 7) is 4.12. The zero-order valence-electron chi connectivity index (χ0n) is 10.5. The van der Waals surface area contributed by atoms with E-state index in [1.807, 2.05) is 0 Å². The molecule has 0 radical (unpaired) electrons. The quantitative estimate of drug-likeness (QED) is 0.575. The van der Waals surface area contributed by atoms with Crippen LogP contribution in [-0.4, -0.2) is 6.54 Å². The number of hydrogen-bond acceptors (Lipinski definition) is 2. The number of furan rings is 1. The zero-order chi connectivity index (χ0) is 12.1. The molecule has 17 heavy (non-hydrogen) atoms. The van der Waals surface area contributed by atoms with Gasteiger partial charge in [0.15, 0.2) is 0 Å². The lowest BCUT2D eigenvalue weighted by molar-refractivity contribution is 0.442. The third-order valence-corrected chi connectivity index (χ3v) is 3.38. The maximum atomic E-state index is 5.81. The highest BCUT2D eigenvalue weighted by Crippen LogP contribution is 2.47. The van der Waals surface area contributed by atoms with E-state index in [-0.39, 0.29) is 0 Å². The molecule has 0 aliphatic heterocycles. The van der Waals surface area contributed by atoms with Crippen LogP contribution in [0.15, 0.2) is 16.5 Å². The smallest absolute Gasteiger partial charge is 0.117 e. The maximum Gasteiger partial charge on any atom is 0.117 e. The SMILES string of the molecule is C#CCCCCNCc1ccc(C2CC2C)o1. The summed E-state index contributed by atoms with van der Waals surface area (Å²) in [7, 11) is 0. The summed E-state index contributed by atoms with van der Waals surface area (Å²) in [6.07, 6.45) is 9.60. The lowest BCUT2D eigenvalue weighted by Gasteiger charge is -2.01. The topological polar surface area (TPSA) is 25.2 Å². The molecule has 0 saturated heterocycles. The Hall–Kier alpha value is -1.20. The molecule has 1 saturated carbocycles. The van der Waals surface area contributed by atoms with Gasteiger partial charge in [0, 0.05) is 12.3 Å². The molecule has 2 rings (SSSR count). The number of rotatable bonds is 7. The van der Waals surface area contributed by atoms with Crippen molar-refractivity contribution in [3.8, 4) is 12.3 Å². The predicted molar refractivity (Wildman–Crippen MR) is 69.6 cm³/mol. The Morgan fingerprint density at radius 3 is 3.00 bits per heavy atom. The number of nitrogens with one attached hydrogen (secondary N) is 1. The molecule has 92 valence electrons. The van der Waals surface area contributed by atoms with E-state index in [1.54, 1.807) is 0 Å². The van der Waals surface area contributed by atoms with Crippen LogP contribution in [0.1, 0.15) is 50.0 Å².